The fourth-order valence-corrected chi connectivity index (χ4v) is 3.63. The Hall–Kier alpha value is 0.270. The molecule has 1 aliphatic heterocycles. The van der Waals surface area contributed by atoms with Crippen molar-refractivity contribution in [3.8, 4) is 0 Å². The van der Waals surface area contributed by atoms with E-state index in [1.807, 2.05) is 0 Å². The Morgan fingerprint density at radius 3 is 2.81 bits per heavy atom. The highest BCUT2D eigenvalue weighted by atomic mass is 32.2. The summed E-state index contributed by atoms with van der Waals surface area (Å²) in [6.45, 7) is 6.97. The van der Waals surface area contributed by atoms with Crippen molar-refractivity contribution < 1.29 is 0 Å². The van der Waals surface area contributed by atoms with Crippen LogP contribution in [0, 0.1) is 0 Å². The first kappa shape index (κ1) is 14.3. The van der Waals surface area contributed by atoms with E-state index in [9.17, 15) is 0 Å². The van der Waals surface area contributed by atoms with Gasteiger partial charge in [-0.15, -0.1) is 0 Å². The van der Waals surface area contributed by atoms with Gasteiger partial charge in [0.2, 0.25) is 0 Å². The molecule has 1 rings (SSSR count). The van der Waals surface area contributed by atoms with Gasteiger partial charge in [0.25, 0.3) is 0 Å². The van der Waals surface area contributed by atoms with Gasteiger partial charge in [0.15, 0.2) is 0 Å². The van der Waals surface area contributed by atoms with Gasteiger partial charge < -0.3 is 10.2 Å². The molecule has 0 aromatic carbocycles. The highest BCUT2D eigenvalue weighted by Gasteiger charge is 2.26. The van der Waals surface area contributed by atoms with Crippen molar-refractivity contribution in [1.82, 2.24) is 10.2 Å². The number of hydrogen-bond acceptors (Lipinski definition) is 3. The van der Waals surface area contributed by atoms with Crippen LogP contribution < -0.4 is 5.32 Å². The summed E-state index contributed by atoms with van der Waals surface area (Å²) in [4.78, 5) is 2.56. The van der Waals surface area contributed by atoms with Gasteiger partial charge in [-0.1, -0.05) is 26.7 Å². The minimum atomic E-state index is 0.706. The monoisotopic (exact) mass is 244 g/mol. The molecule has 0 radical (unpaired) electrons. The predicted octanol–water partition coefficient (Wildman–Crippen LogP) is 2.59. The van der Waals surface area contributed by atoms with E-state index in [-0.39, 0.29) is 0 Å². The van der Waals surface area contributed by atoms with Crippen molar-refractivity contribution >= 4 is 11.8 Å². The average Bonchev–Trinajstić information content (AvgIpc) is 2.31. The molecule has 3 heteroatoms. The molecule has 1 saturated heterocycles. The van der Waals surface area contributed by atoms with Crippen molar-refractivity contribution in [3.63, 3.8) is 0 Å². The lowest BCUT2D eigenvalue weighted by atomic mass is 10.0. The number of hydrogen-bond donors (Lipinski definition) is 1. The molecule has 0 spiro atoms. The van der Waals surface area contributed by atoms with Crippen molar-refractivity contribution in [1.29, 1.82) is 0 Å². The molecule has 96 valence electrons. The third-order valence-corrected chi connectivity index (χ3v) is 4.48. The summed E-state index contributed by atoms with van der Waals surface area (Å²) in [5.74, 6) is 2.61. The fourth-order valence-electron chi connectivity index (χ4n) is 2.31. The van der Waals surface area contributed by atoms with E-state index in [0.717, 1.165) is 6.04 Å². The van der Waals surface area contributed by atoms with Gasteiger partial charge in [-0.3, -0.25) is 0 Å². The van der Waals surface area contributed by atoms with Crippen LogP contribution in [-0.4, -0.2) is 48.6 Å². The van der Waals surface area contributed by atoms with E-state index < -0.39 is 0 Å². The number of rotatable bonds is 7. The molecule has 0 bridgehead atoms. The second-order valence-corrected chi connectivity index (χ2v) is 5.98. The van der Waals surface area contributed by atoms with Gasteiger partial charge in [0.05, 0.1) is 0 Å². The van der Waals surface area contributed by atoms with Gasteiger partial charge in [0, 0.05) is 30.1 Å². The first-order valence-corrected chi connectivity index (χ1v) is 7.96. The molecule has 2 atom stereocenters. The minimum Gasteiger partial charge on any atom is -0.312 e. The van der Waals surface area contributed by atoms with Crippen LogP contribution in [0.15, 0.2) is 0 Å². The van der Waals surface area contributed by atoms with E-state index in [0.29, 0.717) is 6.04 Å². The Morgan fingerprint density at radius 1 is 1.38 bits per heavy atom. The fraction of sp³-hybridized carbons (Fsp3) is 1.00. The smallest absolute Gasteiger partial charge is 0.0337 e. The molecule has 0 aliphatic carbocycles. The number of nitrogens with zero attached hydrogens (tertiary/aromatic N) is 1. The van der Waals surface area contributed by atoms with E-state index >= 15 is 0 Å². The van der Waals surface area contributed by atoms with E-state index in [4.69, 9.17) is 0 Å². The topological polar surface area (TPSA) is 15.3 Å². The normalized spacial score (nSPS) is 24.6. The third kappa shape index (κ3) is 4.64. The molecular weight excluding hydrogens is 216 g/mol. The van der Waals surface area contributed by atoms with Crippen LogP contribution in [0.3, 0.4) is 0 Å². The predicted molar refractivity (Wildman–Crippen MR) is 75.3 cm³/mol. The van der Waals surface area contributed by atoms with Crippen LogP contribution in [0.2, 0.25) is 0 Å². The minimum absolute atomic E-state index is 0.706. The van der Waals surface area contributed by atoms with Gasteiger partial charge in [-0.05, 0) is 26.4 Å². The summed E-state index contributed by atoms with van der Waals surface area (Å²) in [6, 6.07) is 1.45. The Balaban J connectivity index is 2.44. The number of thioether (sulfide) groups is 1. The molecule has 2 unspecified atom stereocenters. The Kier molecular flexibility index (Phi) is 7.50. The number of likely N-dealkylation sites (N-methyl/N-ethyl adjacent to an activating group) is 1. The molecule has 0 amide bonds. The first-order chi connectivity index (χ1) is 7.79. The van der Waals surface area contributed by atoms with Crippen LogP contribution in [-0.2, 0) is 0 Å². The lowest BCUT2D eigenvalue weighted by molar-refractivity contribution is 0.206. The first-order valence-electron chi connectivity index (χ1n) is 6.81. The molecule has 0 saturated carbocycles. The third-order valence-electron chi connectivity index (χ3n) is 3.43. The molecule has 1 N–H and O–H groups in total. The quantitative estimate of drug-likeness (QED) is 0.741. The lowest BCUT2D eigenvalue weighted by Crippen LogP contribution is -2.52. The summed E-state index contributed by atoms with van der Waals surface area (Å²) < 4.78 is 0. The second kappa shape index (κ2) is 8.37. The molecule has 0 aromatic heterocycles. The Bertz CT molecular complexity index is 167. The van der Waals surface area contributed by atoms with E-state index in [1.54, 1.807) is 0 Å². The molecule has 16 heavy (non-hydrogen) atoms. The van der Waals surface area contributed by atoms with Crippen molar-refractivity contribution in [2.75, 3.05) is 31.6 Å². The number of unbranched alkanes of at least 4 members (excludes halogenated alkanes) is 1. The summed E-state index contributed by atoms with van der Waals surface area (Å²) >= 11 is 2.12. The van der Waals surface area contributed by atoms with Crippen LogP contribution in [0.4, 0.5) is 0 Å². The largest absolute Gasteiger partial charge is 0.312 e. The van der Waals surface area contributed by atoms with Gasteiger partial charge >= 0.3 is 0 Å². The zero-order chi connectivity index (χ0) is 11.8. The van der Waals surface area contributed by atoms with E-state index in [1.165, 1.54) is 50.3 Å². The van der Waals surface area contributed by atoms with E-state index in [2.05, 4.69) is 42.9 Å². The SMILES string of the molecule is CCCCC(NCCC)C1CSCCN1C. The highest BCUT2D eigenvalue weighted by Crippen LogP contribution is 2.20. The molecule has 1 aliphatic rings. The summed E-state index contributed by atoms with van der Waals surface area (Å²) in [7, 11) is 2.29. The maximum Gasteiger partial charge on any atom is 0.0337 e. The highest BCUT2D eigenvalue weighted by molar-refractivity contribution is 7.99. The van der Waals surface area contributed by atoms with Gasteiger partial charge in [-0.2, -0.15) is 11.8 Å². The molecule has 2 nitrogen and oxygen atoms in total. The van der Waals surface area contributed by atoms with Crippen molar-refractivity contribution in [2.24, 2.45) is 0 Å². The molecule has 0 aromatic rings. The molecule has 1 heterocycles. The lowest BCUT2D eigenvalue weighted by Gasteiger charge is -2.38. The zero-order valence-corrected chi connectivity index (χ0v) is 12.0. The number of nitrogens with one attached hydrogen (secondary N) is 1. The van der Waals surface area contributed by atoms with Crippen LogP contribution in [0.1, 0.15) is 39.5 Å². The molecular formula is C13H28N2S. The summed E-state index contributed by atoms with van der Waals surface area (Å²) in [5, 5.41) is 3.75. The zero-order valence-electron chi connectivity index (χ0n) is 11.2. The van der Waals surface area contributed by atoms with Crippen LogP contribution in [0.5, 0.6) is 0 Å². The van der Waals surface area contributed by atoms with Gasteiger partial charge in [0.1, 0.15) is 0 Å². The van der Waals surface area contributed by atoms with Crippen LogP contribution in [0.25, 0.3) is 0 Å². The van der Waals surface area contributed by atoms with Gasteiger partial charge in [-0.25, -0.2) is 0 Å². The molecule has 1 fully saturated rings. The average molecular weight is 244 g/mol. The summed E-state index contributed by atoms with van der Waals surface area (Å²) in [6.07, 6.45) is 5.25. The summed E-state index contributed by atoms with van der Waals surface area (Å²) in [5.41, 5.74) is 0. The maximum absolute atomic E-state index is 3.75. The standard InChI is InChI=1S/C13H28N2S/c1-4-6-7-12(14-8-5-2)13-11-16-10-9-15(13)3/h12-14H,4-11H2,1-3H3. The maximum atomic E-state index is 3.75. The van der Waals surface area contributed by atoms with Crippen LogP contribution >= 0.6 is 11.8 Å². The second-order valence-electron chi connectivity index (χ2n) is 4.83. The Morgan fingerprint density at radius 2 is 2.19 bits per heavy atom. The Labute approximate surface area is 106 Å². The van der Waals surface area contributed by atoms with Crippen molar-refractivity contribution in [3.05, 3.63) is 0 Å². The van der Waals surface area contributed by atoms with Crippen molar-refractivity contribution in [2.45, 2.75) is 51.6 Å².